The predicted octanol–water partition coefficient (Wildman–Crippen LogP) is 4.37. The molecule has 21 heavy (non-hydrogen) atoms. The molecule has 2 nitrogen and oxygen atoms in total. The van der Waals surface area contributed by atoms with Gasteiger partial charge in [-0.25, -0.2) is 4.98 Å². The molecule has 0 atom stereocenters. The molecule has 0 bridgehead atoms. The Morgan fingerprint density at radius 1 is 0.762 bits per heavy atom. The third-order valence-corrected chi connectivity index (χ3v) is 2.71. The van der Waals surface area contributed by atoms with E-state index in [1.54, 1.807) is 0 Å². The van der Waals surface area contributed by atoms with Gasteiger partial charge in [0.15, 0.2) is 5.69 Å². The van der Waals surface area contributed by atoms with E-state index in [1.165, 1.54) is 6.07 Å². The molecular weight excluding hydrogens is 298 g/mol. The summed E-state index contributed by atoms with van der Waals surface area (Å²) in [6.07, 6.45) is -9.69. The Morgan fingerprint density at radius 3 is 1.95 bits per heavy atom. The van der Waals surface area contributed by atoms with Crippen molar-refractivity contribution in [1.82, 2.24) is 4.98 Å². The molecule has 2 N–H and O–H groups in total. The minimum absolute atomic E-state index is 0.421. The number of nitrogens with two attached hydrogens (primary N) is 1. The van der Waals surface area contributed by atoms with Crippen molar-refractivity contribution < 1.29 is 26.3 Å². The van der Waals surface area contributed by atoms with Crippen LogP contribution >= 0.6 is 0 Å². The quantitative estimate of drug-likeness (QED) is 0.795. The highest BCUT2D eigenvalue weighted by atomic mass is 19.4. The number of rotatable bonds is 1. The zero-order chi connectivity index (χ0) is 15.8. The van der Waals surface area contributed by atoms with Gasteiger partial charge in [-0.1, -0.05) is 18.2 Å². The second kappa shape index (κ2) is 4.94. The van der Waals surface area contributed by atoms with Crippen molar-refractivity contribution in [3.8, 4) is 11.1 Å². The lowest BCUT2D eigenvalue weighted by Gasteiger charge is -2.16. The van der Waals surface area contributed by atoms with Gasteiger partial charge in [-0.05, 0) is 23.8 Å². The monoisotopic (exact) mass is 306 g/mol. The van der Waals surface area contributed by atoms with Crippen LogP contribution in [0.5, 0.6) is 0 Å². The Morgan fingerprint density at radius 2 is 1.38 bits per heavy atom. The molecule has 1 aromatic heterocycles. The molecule has 0 unspecified atom stereocenters. The Bertz CT molecular complexity index is 660. The highest BCUT2D eigenvalue weighted by Gasteiger charge is 2.39. The highest BCUT2D eigenvalue weighted by Crippen LogP contribution is 2.41. The number of pyridine rings is 1. The number of nitrogens with zero attached hydrogens (tertiary/aromatic N) is 1. The van der Waals surface area contributed by atoms with E-state index in [-0.39, 0.29) is 0 Å². The second-order valence-corrected chi connectivity index (χ2v) is 4.17. The number of benzene rings is 1. The second-order valence-electron chi connectivity index (χ2n) is 4.17. The summed E-state index contributed by atoms with van der Waals surface area (Å²) in [5, 5.41) is 0. The minimum atomic E-state index is -4.91. The molecule has 0 aliphatic rings. The van der Waals surface area contributed by atoms with Gasteiger partial charge in [-0.2, -0.15) is 26.3 Å². The van der Waals surface area contributed by atoms with Gasteiger partial charge in [0.25, 0.3) is 0 Å². The number of hydrogen-bond donors (Lipinski definition) is 1. The van der Waals surface area contributed by atoms with Gasteiger partial charge in [0, 0.05) is 5.56 Å². The number of alkyl halides is 6. The lowest BCUT2D eigenvalue weighted by Crippen LogP contribution is -2.14. The molecule has 1 heterocycles. The van der Waals surface area contributed by atoms with Crippen LogP contribution in [0.15, 0.2) is 36.4 Å². The van der Waals surface area contributed by atoms with E-state index in [1.807, 2.05) is 0 Å². The van der Waals surface area contributed by atoms with Crippen LogP contribution in [0.2, 0.25) is 0 Å². The molecule has 8 heteroatoms. The van der Waals surface area contributed by atoms with Crippen molar-refractivity contribution in [2.24, 2.45) is 0 Å². The van der Waals surface area contributed by atoms with Crippen LogP contribution in [0.3, 0.4) is 0 Å². The van der Waals surface area contributed by atoms with Gasteiger partial charge >= 0.3 is 12.4 Å². The predicted molar refractivity (Wildman–Crippen MR) is 64.1 cm³/mol. The maximum absolute atomic E-state index is 12.9. The Kier molecular flexibility index (Phi) is 3.56. The molecule has 0 spiro atoms. The van der Waals surface area contributed by atoms with E-state index in [0.717, 1.165) is 24.3 Å². The average molecular weight is 306 g/mol. The van der Waals surface area contributed by atoms with E-state index in [9.17, 15) is 26.3 Å². The van der Waals surface area contributed by atoms with E-state index in [4.69, 9.17) is 5.73 Å². The van der Waals surface area contributed by atoms with E-state index < -0.39 is 40.6 Å². The summed E-state index contributed by atoms with van der Waals surface area (Å²) < 4.78 is 77.6. The lowest BCUT2D eigenvalue weighted by atomic mass is 9.97. The van der Waals surface area contributed by atoms with Crippen molar-refractivity contribution in [3.63, 3.8) is 0 Å². The van der Waals surface area contributed by atoms with Crippen molar-refractivity contribution in [2.45, 2.75) is 12.4 Å². The summed E-state index contributed by atoms with van der Waals surface area (Å²) in [7, 11) is 0. The summed E-state index contributed by atoms with van der Waals surface area (Å²) in [6, 6.07) is 5.91. The van der Waals surface area contributed by atoms with E-state index >= 15 is 0 Å². The Balaban J connectivity index is 2.75. The molecule has 0 radical (unpaired) electrons. The van der Waals surface area contributed by atoms with Crippen LogP contribution in [0.4, 0.5) is 32.2 Å². The van der Waals surface area contributed by atoms with Gasteiger partial charge in [0.05, 0.1) is 5.56 Å². The molecular formula is C13H8F6N2. The first kappa shape index (κ1) is 15.1. The number of anilines is 1. The number of hydrogen-bond acceptors (Lipinski definition) is 2. The first-order valence-electron chi connectivity index (χ1n) is 5.61. The van der Waals surface area contributed by atoms with Crippen LogP contribution in [-0.4, -0.2) is 4.98 Å². The molecule has 0 saturated heterocycles. The van der Waals surface area contributed by atoms with Crippen molar-refractivity contribution in [2.75, 3.05) is 5.73 Å². The van der Waals surface area contributed by atoms with Crippen LogP contribution in [0.25, 0.3) is 11.1 Å². The highest BCUT2D eigenvalue weighted by molar-refractivity contribution is 5.71. The van der Waals surface area contributed by atoms with Crippen LogP contribution < -0.4 is 5.73 Å². The molecule has 0 saturated carbocycles. The number of nitrogen functional groups attached to an aromatic ring is 1. The van der Waals surface area contributed by atoms with Crippen molar-refractivity contribution >= 4 is 5.82 Å². The van der Waals surface area contributed by atoms with Gasteiger partial charge < -0.3 is 5.73 Å². The largest absolute Gasteiger partial charge is 0.434 e. The standard InChI is InChI=1S/C13H8F6N2/c14-12(15,16)9-4-2-1-3-7(9)8-5-6-10(20)21-11(8)13(17,18)19/h1-6H,(H2,20,21). The molecule has 0 aliphatic carbocycles. The van der Waals surface area contributed by atoms with Gasteiger partial charge in [0.2, 0.25) is 0 Å². The topological polar surface area (TPSA) is 38.9 Å². The fourth-order valence-electron chi connectivity index (χ4n) is 1.87. The van der Waals surface area contributed by atoms with E-state index in [0.29, 0.717) is 6.07 Å². The molecule has 0 aliphatic heterocycles. The first-order valence-corrected chi connectivity index (χ1v) is 5.61. The van der Waals surface area contributed by atoms with Crippen LogP contribution in [-0.2, 0) is 12.4 Å². The SMILES string of the molecule is Nc1ccc(-c2ccccc2C(F)(F)F)c(C(F)(F)F)n1. The minimum Gasteiger partial charge on any atom is -0.384 e. The number of halogens is 6. The molecule has 2 aromatic rings. The normalized spacial score (nSPS) is 12.5. The third kappa shape index (κ3) is 3.09. The molecule has 1 aromatic carbocycles. The first-order chi connectivity index (χ1) is 9.60. The molecule has 112 valence electrons. The third-order valence-electron chi connectivity index (χ3n) is 2.71. The molecule has 2 rings (SSSR count). The smallest absolute Gasteiger partial charge is 0.384 e. The fraction of sp³-hybridized carbons (Fsp3) is 0.154. The summed E-state index contributed by atoms with van der Waals surface area (Å²) in [4.78, 5) is 3.13. The zero-order valence-corrected chi connectivity index (χ0v) is 10.3. The maximum Gasteiger partial charge on any atom is 0.434 e. The lowest BCUT2D eigenvalue weighted by molar-refractivity contribution is -0.141. The molecule has 0 fully saturated rings. The van der Waals surface area contributed by atoms with Crippen molar-refractivity contribution in [3.05, 3.63) is 47.7 Å². The van der Waals surface area contributed by atoms with Crippen LogP contribution in [0.1, 0.15) is 11.3 Å². The summed E-state index contributed by atoms with van der Waals surface area (Å²) in [5.41, 5.74) is 1.33. The fourth-order valence-corrected chi connectivity index (χ4v) is 1.87. The van der Waals surface area contributed by atoms with Gasteiger partial charge in [0.1, 0.15) is 5.82 Å². The van der Waals surface area contributed by atoms with Crippen molar-refractivity contribution in [1.29, 1.82) is 0 Å². The summed E-state index contributed by atoms with van der Waals surface area (Å²) in [5.74, 6) is -0.421. The average Bonchev–Trinajstić information content (AvgIpc) is 2.36. The number of aromatic nitrogens is 1. The Labute approximate surface area is 115 Å². The molecule has 0 amide bonds. The van der Waals surface area contributed by atoms with Gasteiger partial charge in [-0.3, -0.25) is 0 Å². The van der Waals surface area contributed by atoms with Gasteiger partial charge in [-0.15, -0.1) is 0 Å². The van der Waals surface area contributed by atoms with E-state index in [2.05, 4.69) is 4.98 Å². The van der Waals surface area contributed by atoms with Crippen LogP contribution in [0, 0.1) is 0 Å². The zero-order valence-electron chi connectivity index (χ0n) is 10.3. The Hall–Kier alpha value is -2.25. The summed E-state index contributed by atoms with van der Waals surface area (Å²) in [6.45, 7) is 0. The maximum atomic E-state index is 12.9. The summed E-state index contributed by atoms with van der Waals surface area (Å²) >= 11 is 0.